The highest BCUT2D eigenvalue weighted by Gasteiger charge is 2.59. The van der Waals surface area contributed by atoms with Crippen LogP contribution in [-0.2, 0) is 29.9 Å². The molecule has 2 rings (SSSR count). The average molecular weight is 314 g/mol. The molecule has 116 valence electrons. The normalized spacial score (nSPS) is 32.0. The molecule has 1 N–H and O–H groups in total. The maximum Gasteiger partial charge on any atom is 0.333 e. The van der Waals surface area contributed by atoms with Gasteiger partial charge in [0.2, 0.25) is 12.3 Å². The van der Waals surface area contributed by atoms with Crippen LogP contribution in [0.5, 0.6) is 0 Å². The number of amides is 2. The molecule has 2 saturated heterocycles. The lowest BCUT2D eigenvalue weighted by molar-refractivity contribution is -0.170. The highest BCUT2D eigenvalue weighted by atomic mass is 32.2. The van der Waals surface area contributed by atoms with Crippen LogP contribution in [0.15, 0.2) is 12.2 Å². The van der Waals surface area contributed by atoms with Crippen molar-refractivity contribution in [1.82, 2.24) is 10.2 Å². The summed E-state index contributed by atoms with van der Waals surface area (Å²) in [5.41, 5.74) is -0.311. The third-order valence-corrected chi connectivity index (χ3v) is 4.91. The molecule has 21 heavy (non-hydrogen) atoms. The lowest BCUT2D eigenvalue weighted by atomic mass is 9.98. The maximum atomic E-state index is 12.3. The van der Waals surface area contributed by atoms with Crippen LogP contribution in [0.2, 0.25) is 0 Å². The topological polar surface area (TPSA) is 92.8 Å². The van der Waals surface area contributed by atoms with Gasteiger partial charge in [0.25, 0.3) is 0 Å². The monoisotopic (exact) mass is 314 g/mol. The van der Waals surface area contributed by atoms with Gasteiger partial charge in [0.1, 0.15) is 17.0 Å². The van der Waals surface area contributed by atoms with Gasteiger partial charge in [0.05, 0.1) is 10.8 Å². The Balaban J connectivity index is 2.24. The van der Waals surface area contributed by atoms with Gasteiger partial charge >= 0.3 is 5.97 Å². The van der Waals surface area contributed by atoms with Crippen molar-refractivity contribution in [2.45, 2.75) is 43.8 Å². The Morgan fingerprint density at radius 2 is 2.14 bits per heavy atom. The van der Waals surface area contributed by atoms with Crippen LogP contribution in [0.25, 0.3) is 0 Å². The number of hydrogen-bond acceptors (Lipinski definition) is 5. The van der Waals surface area contributed by atoms with Crippen molar-refractivity contribution >= 4 is 29.1 Å². The number of esters is 1. The zero-order chi connectivity index (χ0) is 15.9. The summed E-state index contributed by atoms with van der Waals surface area (Å²) in [6.45, 7) is 8.91. The van der Waals surface area contributed by atoms with E-state index in [2.05, 4.69) is 11.9 Å². The van der Waals surface area contributed by atoms with Crippen LogP contribution in [0.4, 0.5) is 0 Å². The van der Waals surface area contributed by atoms with Crippen molar-refractivity contribution < 1.29 is 23.3 Å². The SMILES string of the molecule is C=C1C[S@](=O)[C@@H]2[C@H](NC=O)C(=O)N2[C@H]1C(=O)OC(C)(C)C. The summed E-state index contributed by atoms with van der Waals surface area (Å²) in [5, 5.41) is 1.63. The average Bonchev–Trinajstić information content (AvgIpc) is 2.33. The minimum atomic E-state index is -1.39. The molecule has 2 fully saturated rings. The Kier molecular flexibility index (Phi) is 3.92. The summed E-state index contributed by atoms with van der Waals surface area (Å²) in [6, 6.07) is -1.79. The minimum Gasteiger partial charge on any atom is -0.458 e. The fourth-order valence-corrected chi connectivity index (χ4v) is 4.12. The standard InChI is InChI=1S/C13H18N2O5S/c1-7-5-21(19)11-8(14-6-16)10(17)15(11)9(7)12(18)20-13(2,3)4/h6,8-9,11H,1,5H2,2-4H3,(H,14,16)/t8-,9-,11-,21+/m1/s1. The molecule has 2 amide bonds. The van der Waals surface area contributed by atoms with Crippen molar-refractivity contribution in [2.75, 3.05) is 5.75 Å². The molecule has 0 aromatic heterocycles. The number of hydrogen-bond donors (Lipinski definition) is 1. The van der Waals surface area contributed by atoms with Gasteiger partial charge in [0.15, 0.2) is 6.04 Å². The molecule has 0 aromatic rings. The van der Waals surface area contributed by atoms with Crippen molar-refractivity contribution in [3.63, 3.8) is 0 Å². The molecule has 2 heterocycles. The number of β-lactam (4-membered cyclic amide) rings is 1. The molecule has 0 unspecified atom stereocenters. The molecule has 0 radical (unpaired) electrons. The summed E-state index contributed by atoms with van der Waals surface area (Å²) in [6.07, 6.45) is 0.392. The summed E-state index contributed by atoms with van der Waals surface area (Å²) in [5.74, 6) is -0.931. The van der Waals surface area contributed by atoms with E-state index in [0.29, 0.717) is 12.0 Å². The molecular weight excluding hydrogens is 296 g/mol. The van der Waals surface area contributed by atoms with E-state index in [1.807, 2.05) is 0 Å². The number of nitrogens with one attached hydrogen (secondary N) is 1. The van der Waals surface area contributed by atoms with E-state index in [1.165, 1.54) is 4.90 Å². The first-order valence-corrected chi connectivity index (χ1v) is 7.85. The first-order valence-electron chi connectivity index (χ1n) is 6.47. The molecule has 0 saturated carbocycles. The Morgan fingerprint density at radius 3 is 2.67 bits per heavy atom. The predicted molar refractivity (Wildman–Crippen MR) is 75.4 cm³/mol. The van der Waals surface area contributed by atoms with Gasteiger partial charge in [-0.05, 0) is 26.3 Å². The second-order valence-corrected chi connectivity index (χ2v) is 7.55. The highest BCUT2D eigenvalue weighted by molar-refractivity contribution is 7.86. The van der Waals surface area contributed by atoms with E-state index >= 15 is 0 Å². The zero-order valence-corrected chi connectivity index (χ0v) is 12.9. The number of rotatable bonds is 3. The fraction of sp³-hybridized carbons (Fsp3) is 0.615. The molecule has 2 aliphatic heterocycles. The van der Waals surface area contributed by atoms with Crippen LogP contribution >= 0.6 is 0 Å². The molecular formula is C13H18N2O5S. The molecule has 0 spiro atoms. The maximum absolute atomic E-state index is 12.3. The molecule has 0 aromatic carbocycles. The van der Waals surface area contributed by atoms with Gasteiger partial charge in [0, 0.05) is 5.75 Å². The van der Waals surface area contributed by atoms with Crippen LogP contribution in [0, 0.1) is 0 Å². The zero-order valence-electron chi connectivity index (χ0n) is 12.1. The van der Waals surface area contributed by atoms with Gasteiger partial charge in [-0.1, -0.05) is 6.58 Å². The number of carbonyl (C=O) groups is 3. The van der Waals surface area contributed by atoms with E-state index < -0.39 is 45.7 Å². The summed E-state index contributed by atoms with van der Waals surface area (Å²) >= 11 is 0. The smallest absolute Gasteiger partial charge is 0.333 e. The second kappa shape index (κ2) is 5.25. The first kappa shape index (κ1) is 15.7. The van der Waals surface area contributed by atoms with E-state index in [4.69, 9.17) is 4.74 Å². The Bertz CT molecular complexity index is 539. The second-order valence-electron chi connectivity index (χ2n) is 6.02. The first-order chi connectivity index (χ1) is 9.67. The minimum absolute atomic E-state index is 0.107. The lowest BCUT2D eigenvalue weighted by Gasteiger charge is -2.52. The molecule has 0 bridgehead atoms. The van der Waals surface area contributed by atoms with Gasteiger partial charge in [-0.25, -0.2) is 4.79 Å². The summed E-state index contributed by atoms with van der Waals surface area (Å²) < 4.78 is 17.4. The van der Waals surface area contributed by atoms with E-state index in [0.717, 1.165) is 0 Å². The number of carbonyl (C=O) groups excluding carboxylic acids is 3. The van der Waals surface area contributed by atoms with Crippen molar-refractivity contribution in [3.8, 4) is 0 Å². The third kappa shape index (κ3) is 2.72. The van der Waals surface area contributed by atoms with Crippen LogP contribution in [-0.4, -0.2) is 56.2 Å². The fourth-order valence-electron chi connectivity index (χ4n) is 2.45. The van der Waals surface area contributed by atoms with Crippen LogP contribution in [0.1, 0.15) is 20.8 Å². The molecule has 7 nitrogen and oxygen atoms in total. The van der Waals surface area contributed by atoms with Crippen molar-refractivity contribution in [2.24, 2.45) is 0 Å². The molecule has 4 atom stereocenters. The van der Waals surface area contributed by atoms with Gasteiger partial charge in [-0.2, -0.15) is 0 Å². The van der Waals surface area contributed by atoms with Crippen molar-refractivity contribution in [1.29, 1.82) is 0 Å². The van der Waals surface area contributed by atoms with Gasteiger partial charge < -0.3 is 15.0 Å². The quantitative estimate of drug-likeness (QED) is 0.322. The molecule has 2 aliphatic rings. The number of nitrogens with zero attached hydrogens (tertiary/aromatic N) is 1. The molecule has 8 heteroatoms. The van der Waals surface area contributed by atoms with Gasteiger partial charge in [-0.3, -0.25) is 13.8 Å². The van der Waals surface area contributed by atoms with E-state index in [-0.39, 0.29) is 5.75 Å². The van der Waals surface area contributed by atoms with Crippen LogP contribution < -0.4 is 5.32 Å². The molecule has 0 aliphatic carbocycles. The van der Waals surface area contributed by atoms with Crippen LogP contribution in [0.3, 0.4) is 0 Å². The Labute approximate surface area is 125 Å². The predicted octanol–water partition coefficient (Wildman–Crippen LogP) is -0.702. The Morgan fingerprint density at radius 1 is 1.52 bits per heavy atom. The van der Waals surface area contributed by atoms with Crippen molar-refractivity contribution in [3.05, 3.63) is 12.2 Å². The third-order valence-electron chi connectivity index (χ3n) is 3.22. The summed E-state index contributed by atoms with van der Waals surface area (Å²) in [7, 11) is -1.39. The lowest BCUT2D eigenvalue weighted by Crippen LogP contribution is -2.77. The van der Waals surface area contributed by atoms with Gasteiger partial charge in [-0.15, -0.1) is 0 Å². The van der Waals surface area contributed by atoms with E-state index in [1.54, 1.807) is 20.8 Å². The van der Waals surface area contributed by atoms with E-state index in [9.17, 15) is 18.6 Å². The highest BCUT2D eigenvalue weighted by Crippen LogP contribution is 2.35. The summed E-state index contributed by atoms with van der Waals surface area (Å²) in [4.78, 5) is 36.1. The Hall–Kier alpha value is -1.70. The number of ether oxygens (including phenoxy) is 1. The number of fused-ring (bicyclic) bond motifs is 1. The largest absolute Gasteiger partial charge is 0.458 e.